The van der Waals surface area contributed by atoms with Crippen LogP contribution < -0.4 is 4.90 Å². The number of hydrogen-bond donors (Lipinski definition) is 0. The zero-order chi connectivity index (χ0) is 16.1. The SMILES string of the molecule is CCN(CC)c1nccc(C(=O)N2CCN(C(C)=O)CC2)n1. The highest BCUT2D eigenvalue weighted by Gasteiger charge is 2.24. The van der Waals surface area contributed by atoms with Crippen molar-refractivity contribution in [3.05, 3.63) is 18.0 Å². The summed E-state index contributed by atoms with van der Waals surface area (Å²) in [6.07, 6.45) is 1.62. The Bertz CT molecular complexity index is 536. The molecule has 0 aliphatic carbocycles. The molecule has 0 spiro atoms. The molecule has 120 valence electrons. The third-order valence-electron chi connectivity index (χ3n) is 3.92. The molecule has 0 N–H and O–H groups in total. The number of piperazine rings is 1. The van der Waals surface area contributed by atoms with E-state index in [0.717, 1.165) is 13.1 Å². The Balaban J connectivity index is 2.07. The molecule has 22 heavy (non-hydrogen) atoms. The van der Waals surface area contributed by atoms with Gasteiger partial charge in [-0.2, -0.15) is 0 Å². The first kappa shape index (κ1) is 16.2. The van der Waals surface area contributed by atoms with Crippen LogP contribution in [0.25, 0.3) is 0 Å². The molecule has 1 aliphatic rings. The number of carbonyl (C=O) groups excluding carboxylic acids is 2. The monoisotopic (exact) mass is 305 g/mol. The number of anilines is 1. The summed E-state index contributed by atoms with van der Waals surface area (Å²) in [5, 5.41) is 0. The van der Waals surface area contributed by atoms with Crippen molar-refractivity contribution in [2.24, 2.45) is 0 Å². The predicted octanol–water partition coefficient (Wildman–Crippen LogP) is 0.627. The molecule has 1 aliphatic heterocycles. The van der Waals surface area contributed by atoms with E-state index in [0.29, 0.717) is 37.8 Å². The van der Waals surface area contributed by atoms with Crippen LogP contribution in [0.4, 0.5) is 5.95 Å². The van der Waals surface area contributed by atoms with Gasteiger partial charge in [-0.05, 0) is 19.9 Å². The van der Waals surface area contributed by atoms with Crippen LogP contribution in [0.5, 0.6) is 0 Å². The van der Waals surface area contributed by atoms with Crippen molar-refractivity contribution < 1.29 is 9.59 Å². The van der Waals surface area contributed by atoms with Gasteiger partial charge in [0.1, 0.15) is 5.69 Å². The lowest BCUT2D eigenvalue weighted by atomic mass is 10.2. The molecular weight excluding hydrogens is 282 g/mol. The van der Waals surface area contributed by atoms with Gasteiger partial charge < -0.3 is 14.7 Å². The summed E-state index contributed by atoms with van der Waals surface area (Å²) in [5.41, 5.74) is 0.410. The van der Waals surface area contributed by atoms with Crippen molar-refractivity contribution in [1.29, 1.82) is 0 Å². The van der Waals surface area contributed by atoms with E-state index in [1.54, 1.807) is 29.0 Å². The van der Waals surface area contributed by atoms with Crippen LogP contribution in [0.1, 0.15) is 31.3 Å². The van der Waals surface area contributed by atoms with Crippen LogP contribution >= 0.6 is 0 Å². The quantitative estimate of drug-likeness (QED) is 0.816. The van der Waals surface area contributed by atoms with Crippen LogP contribution in [-0.2, 0) is 4.79 Å². The van der Waals surface area contributed by atoms with Crippen LogP contribution in [-0.4, -0.2) is 70.9 Å². The average Bonchev–Trinajstić information content (AvgIpc) is 2.56. The first-order chi connectivity index (χ1) is 10.6. The lowest BCUT2D eigenvalue weighted by molar-refractivity contribution is -0.130. The number of rotatable bonds is 4. The fourth-order valence-corrected chi connectivity index (χ4v) is 2.51. The highest BCUT2D eigenvalue weighted by molar-refractivity contribution is 5.92. The summed E-state index contributed by atoms with van der Waals surface area (Å²) in [7, 11) is 0. The molecule has 2 amide bonds. The van der Waals surface area contributed by atoms with E-state index in [9.17, 15) is 9.59 Å². The van der Waals surface area contributed by atoms with E-state index in [1.807, 2.05) is 18.7 Å². The molecular formula is C15H23N5O2. The molecule has 0 atom stereocenters. The van der Waals surface area contributed by atoms with E-state index in [4.69, 9.17) is 0 Å². The van der Waals surface area contributed by atoms with Gasteiger partial charge in [-0.25, -0.2) is 9.97 Å². The van der Waals surface area contributed by atoms with Crippen molar-refractivity contribution in [2.45, 2.75) is 20.8 Å². The first-order valence-corrected chi connectivity index (χ1v) is 7.69. The Labute approximate surface area is 130 Å². The Hall–Kier alpha value is -2.18. The third-order valence-corrected chi connectivity index (χ3v) is 3.92. The van der Waals surface area contributed by atoms with Gasteiger partial charge in [0.2, 0.25) is 11.9 Å². The predicted molar refractivity (Wildman–Crippen MR) is 83.8 cm³/mol. The smallest absolute Gasteiger partial charge is 0.272 e. The Morgan fingerprint density at radius 3 is 2.27 bits per heavy atom. The van der Waals surface area contributed by atoms with E-state index >= 15 is 0 Å². The van der Waals surface area contributed by atoms with Crippen molar-refractivity contribution >= 4 is 17.8 Å². The highest BCUT2D eigenvalue weighted by Crippen LogP contribution is 2.11. The van der Waals surface area contributed by atoms with Crippen LogP contribution in [0.15, 0.2) is 12.3 Å². The Morgan fingerprint density at radius 1 is 1.14 bits per heavy atom. The summed E-state index contributed by atoms with van der Waals surface area (Å²) < 4.78 is 0. The lowest BCUT2D eigenvalue weighted by Crippen LogP contribution is -2.50. The molecule has 7 nitrogen and oxygen atoms in total. The molecule has 7 heteroatoms. The molecule has 1 fully saturated rings. The van der Waals surface area contributed by atoms with Gasteiger partial charge in [0.25, 0.3) is 5.91 Å². The summed E-state index contributed by atoms with van der Waals surface area (Å²) >= 11 is 0. The lowest BCUT2D eigenvalue weighted by Gasteiger charge is -2.34. The second-order valence-corrected chi connectivity index (χ2v) is 5.21. The van der Waals surface area contributed by atoms with Crippen molar-refractivity contribution in [2.75, 3.05) is 44.2 Å². The maximum atomic E-state index is 12.5. The highest BCUT2D eigenvalue weighted by atomic mass is 16.2. The van der Waals surface area contributed by atoms with Gasteiger partial charge in [-0.3, -0.25) is 9.59 Å². The van der Waals surface area contributed by atoms with Gasteiger partial charge in [0.05, 0.1) is 0 Å². The summed E-state index contributed by atoms with van der Waals surface area (Å²) in [6, 6.07) is 1.65. The fraction of sp³-hybridized carbons (Fsp3) is 0.600. The Kier molecular flexibility index (Phi) is 5.30. The van der Waals surface area contributed by atoms with E-state index < -0.39 is 0 Å². The van der Waals surface area contributed by atoms with Crippen molar-refractivity contribution in [3.63, 3.8) is 0 Å². The molecule has 0 unspecified atom stereocenters. The minimum Gasteiger partial charge on any atom is -0.341 e. The zero-order valence-corrected chi connectivity index (χ0v) is 13.4. The molecule has 1 aromatic rings. The van der Waals surface area contributed by atoms with Crippen LogP contribution in [0.2, 0.25) is 0 Å². The second kappa shape index (κ2) is 7.20. The van der Waals surface area contributed by atoms with Crippen LogP contribution in [0.3, 0.4) is 0 Å². The minimum absolute atomic E-state index is 0.0537. The first-order valence-electron chi connectivity index (χ1n) is 7.69. The Morgan fingerprint density at radius 2 is 1.73 bits per heavy atom. The summed E-state index contributed by atoms with van der Waals surface area (Å²) in [5.74, 6) is 0.537. The maximum absolute atomic E-state index is 12.5. The number of nitrogens with zero attached hydrogens (tertiary/aromatic N) is 5. The van der Waals surface area contributed by atoms with Gasteiger partial charge in [0.15, 0.2) is 0 Å². The topological polar surface area (TPSA) is 69.6 Å². The second-order valence-electron chi connectivity index (χ2n) is 5.21. The van der Waals surface area contributed by atoms with Gasteiger partial charge >= 0.3 is 0 Å². The molecule has 0 bridgehead atoms. The number of carbonyl (C=O) groups is 2. The molecule has 0 saturated carbocycles. The number of amides is 2. The van der Waals surface area contributed by atoms with Gasteiger partial charge in [0, 0.05) is 52.4 Å². The minimum atomic E-state index is -0.0981. The largest absolute Gasteiger partial charge is 0.341 e. The molecule has 2 rings (SSSR count). The number of aromatic nitrogens is 2. The third kappa shape index (κ3) is 3.52. The zero-order valence-electron chi connectivity index (χ0n) is 13.4. The molecule has 2 heterocycles. The molecule has 0 radical (unpaired) electrons. The standard InChI is InChI=1S/C15H23N5O2/c1-4-18(5-2)15-16-7-6-13(17-15)14(22)20-10-8-19(9-11-20)12(3)21/h6-7H,4-5,8-11H2,1-3H3. The molecule has 1 saturated heterocycles. The van der Waals surface area contributed by atoms with E-state index in [-0.39, 0.29) is 11.8 Å². The summed E-state index contributed by atoms with van der Waals surface area (Å²) in [4.78, 5) is 38.0. The van der Waals surface area contributed by atoms with Gasteiger partial charge in [-0.1, -0.05) is 0 Å². The summed E-state index contributed by atoms with van der Waals surface area (Å²) in [6.45, 7) is 9.45. The fourth-order valence-electron chi connectivity index (χ4n) is 2.51. The molecule has 0 aromatic carbocycles. The maximum Gasteiger partial charge on any atom is 0.272 e. The molecule has 1 aromatic heterocycles. The normalized spacial score (nSPS) is 14.9. The van der Waals surface area contributed by atoms with E-state index in [2.05, 4.69) is 9.97 Å². The van der Waals surface area contributed by atoms with Gasteiger partial charge in [-0.15, -0.1) is 0 Å². The average molecular weight is 305 g/mol. The number of hydrogen-bond acceptors (Lipinski definition) is 5. The van der Waals surface area contributed by atoms with Crippen molar-refractivity contribution in [1.82, 2.24) is 19.8 Å². The van der Waals surface area contributed by atoms with Crippen LogP contribution in [0, 0.1) is 0 Å². The van der Waals surface area contributed by atoms with E-state index in [1.165, 1.54) is 0 Å². The van der Waals surface area contributed by atoms with Crippen molar-refractivity contribution in [3.8, 4) is 0 Å².